The summed E-state index contributed by atoms with van der Waals surface area (Å²) < 4.78 is 15.5. The van der Waals surface area contributed by atoms with E-state index in [1.54, 1.807) is 0 Å². The quantitative estimate of drug-likeness (QED) is 0.350. The van der Waals surface area contributed by atoms with Gasteiger partial charge in [-0.2, -0.15) is 0 Å². The van der Waals surface area contributed by atoms with E-state index in [4.69, 9.17) is 9.15 Å². The molecule has 0 spiro atoms. The lowest BCUT2D eigenvalue weighted by Crippen LogP contribution is -2.29. The number of aryl methyl sites for hydroxylation is 1. The fourth-order valence-electron chi connectivity index (χ4n) is 6.06. The normalized spacial score (nSPS) is 17.0. The summed E-state index contributed by atoms with van der Waals surface area (Å²) in [4.78, 5) is 2.36. The summed E-state index contributed by atoms with van der Waals surface area (Å²) in [6, 6.07) is 15.6. The van der Waals surface area contributed by atoms with Crippen LogP contribution in [0, 0.1) is 0 Å². The first-order chi connectivity index (χ1) is 18.1. The Kier molecular flexibility index (Phi) is 6.27. The third-order valence-corrected chi connectivity index (χ3v) is 8.18. The third-order valence-electron chi connectivity index (χ3n) is 8.18. The second kappa shape index (κ2) is 9.74. The zero-order valence-corrected chi connectivity index (χ0v) is 22.6. The Morgan fingerprint density at radius 2 is 1.73 bits per heavy atom. The van der Waals surface area contributed by atoms with Crippen LogP contribution < -0.4 is 19.6 Å². The van der Waals surface area contributed by atoms with Gasteiger partial charge in [0.2, 0.25) is 5.36 Å². The number of hydrogen-bond acceptors (Lipinski definition) is 3. The Morgan fingerprint density at radius 1 is 0.892 bits per heavy atom. The maximum atomic E-state index is 6.59. The lowest BCUT2D eigenvalue weighted by molar-refractivity contribution is 0.431. The Morgan fingerprint density at radius 3 is 2.51 bits per heavy atom. The van der Waals surface area contributed by atoms with Crippen molar-refractivity contribution >= 4 is 17.3 Å². The smallest absolute Gasteiger partial charge is 0.203 e. The van der Waals surface area contributed by atoms with E-state index in [9.17, 15) is 0 Å². The van der Waals surface area contributed by atoms with Gasteiger partial charge in [0.1, 0.15) is 36.1 Å². The van der Waals surface area contributed by atoms with Gasteiger partial charge >= 0.3 is 0 Å². The number of fused-ring (bicyclic) bond motifs is 4. The van der Waals surface area contributed by atoms with Crippen LogP contribution in [0.5, 0.6) is 5.75 Å². The monoisotopic (exact) mass is 493 g/mol. The highest BCUT2D eigenvalue weighted by Crippen LogP contribution is 2.44. The topological polar surface area (TPSA) is 28.6 Å². The maximum absolute atomic E-state index is 6.59. The van der Waals surface area contributed by atoms with Crippen LogP contribution in [-0.2, 0) is 6.42 Å². The van der Waals surface area contributed by atoms with E-state index in [-0.39, 0.29) is 0 Å². The fraction of sp³-hybridized carbons (Fsp3) is 0.364. The highest BCUT2D eigenvalue weighted by molar-refractivity contribution is 5.77. The number of nitrogens with zero attached hydrogens (tertiary/aromatic N) is 2. The first kappa shape index (κ1) is 23.8. The van der Waals surface area contributed by atoms with Gasteiger partial charge in [-0.15, -0.1) is 0 Å². The Hall–Kier alpha value is -3.53. The first-order valence-corrected chi connectivity index (χ1v) is 14.0. The number of anilines is 1. The molecule has 2 heterocycles. The lowest BCUT2D eigenvalue weighted by atomic mass is 10.0. The van der Waals surface area contributed by atoms with E-state index < -0.39 is 0 Å². The van der Waals surface area contributed by atoms with Crippen molar-refractivity contribution in [3.8, 4) is 17.1 Å². The van der Waals surface area contributed by atoms with E-state index in [2.05, 4.69) is 91.8 Å². The molecule has 0 fully saturated rings. The Labute approximate surface area is 220 Å². The van der Waals surface area contributed by atoms with Crippen LogP contribution in [0.1, 0.15) is 63.8 Å². The average molecular weight is 494 g/mol. The van der Waals surface area contributed by atoms with Crippen molar-refractivity contribution < 1.29 is 9.15 Å². The van der Waals surface area contributed by atoms with Gasteiger partial charge in [0.25, 0.3) is 0 Å². The van der Waals surface area contributed by atoms with Crippen molar-refractivity contribution in [3.63, 3.8) is 0 Å². The zero-order valence-electron chi connectivity index (χ0n) is 22.6. The summed E-state index contributed by atoms with van der Waals surface area (Å²) in [6.07, 6.45) is 8.75. The number of allylic oxidation sites excluding steroid dienone is 4. The van der Waals surface area contributed by atoms with Crippen LogP contribution in [0.25, 0.3) is 23.0 Å². The van der Waals surface area contributed by atoms with Crippen LogP contribution in [-0.4, -0.2) is 26.2 Å². The summed E-state index contributed by atoms with van der Waals surface area (Å²) in [5.74, 6) is 4.03. The van der Waals surface area contributed by atoms with Crippen molar-refractivity contribution in [2.24, 2.45) is 0 Å². The predicted molar refractivity (Wildman–Crippen MR) is 153 cm³/mol. The van der Waals surface area contributed by atoms with Gasteiger partial charge in [0, 0.05) is 42.0 Å². The molecule has 1 aromatic rings. The minimum Gasteiger partial charge on any atom is -0.456 e. The van der Waals surface area contributed by atoms with Crippen molar-refractivity contribution in [2.75, 3.05) is 31.1 Å². The lowest BCUT2D eigenvalue weighted by Gasteiger charge is -2.24. The molecule has 0 saturated carbocycles. The molecule has 190 valence electrons. The van der Waals surface area contributed by atoms with Gasteiger partial charge < -0.3 is 14.1 Å². The standard InChI is InChI=1S/C33H37N2O2/c1-5-34(6-2)28-15-13-22-17-24-9-11-26(32(24)36-30(22)20-28)19-27-12-10-25-18-23-14-16-29(35(7-3)8-4)21-31(23)37-33(25)27/h13-21H,5-12H2,1-4H3/q+1. The molecule has 4 heteroatoms. The largest absolute Gasteiger partial charge is 0.456 e. The number of benzene rings is 2. The molecule has 0 amide bonds. The molecule has 0 atom stereocenters. The second-order valence-electron chi connectivity index (χ2n) is 10.2. The summed E-state index contributed by atoms with van der Waals surface area (Å²) >= 11 is 0. The molecule has 0 saturated heterocycles. The molecule has 0 radical (unpaired) electrons. The highest BCUT2D eigenvalue weighted by Gasteiger charge is 2.28. The zero-order chi connectivity index (χ0) is 25.5. The van der Waals surface area contributed by atoms with E-state index >= 15 is 0 Å². The SMILES string of the molecule is CCN(CC)c1ccc2c(c1)OC1=C(/C=C3\CCc4cc5ccc(=[N+](CC)CC)cc-5oc43)CCC1=C2. The number of ether oxygens (including phenoxy) is 1. The van der Waals surface area contributed by atoms with Gasteiger partial charge in [0.05, 0.1) is 6.07 Å². The minimum absolute atomic E-state index is 0.965. The Balaban J connectivity index is 1.38. The molecule has 2 aliphatic heterocycles. The van der Waals surface area contributed by atoms with E-state index in [0.717, 1.165) is 74.9 Å². The number of rotatable bonds is 6. The van der Waals surface area contributed by atoms with Crippen molar-refractivity contribution in [1.29, 1.82) is 0 Å². The molecule has 4 nitrogen and oxygen atoms in total. The molecule has 1 aromatic carbocycles. The average Bonchev–Trinajstić information content (AvgIpc) is 3.50. The maximum Gasteiger partial charge on any atom is 0.203 e. The van der Waals surface area contributed by atoms with Crippen LogP contribution >= 0.6 is 0 Å². The van der Waals surface area contributed by atoms with E-state index in [1.807, 2.05) is 0 Å². The number of hydrogen-bond donors (Lipinski definition) is 0. The van der Waals surface area contributed by atoms with Gasteiger partial charge in [-0.25, -0.2) is 4.58 Å². The van der Waals surface area contributed by atoms with E-state index in [1.165, 1.54) is 44.5 Å². The molecular formula is C33H37N2O2+. The molecule has 37 heavy (non-hydrogen) atoms. The first-order valence-electron chi connectivity index (χ1n) is 14.0. The van der Waals surface area contributed by atoms with Crippen LogP contribution in [0.4, 0.5) is 5.69 Å². The van der Waals surface area contributed by atoms with Crippen LogP contribution in [0.3, 0.4) is 0 Å². The molecule has 6 rings (SSSR count). The third kappa shape index (κ3) is 4.22. The molecule has 0 bridgehead atoms. The van der Waals surface area contributed by atoms with Crippen LogP contribution in [0.2, 0.25) is 0 Å². The van der Waals surface area contributed by atoms with Crippen molar-refractivity contribution in [2.45, 2.75) is 53.4 Å². The predicted octanol–water partition coefficient (Wildman–Crippen LogP) is 6.90. The molecule has 5 aliphatic rings. The summed E-state index contributed by atoms with van der Waals surface area (Å²) in [5.41, 5.74) is 8.79. The van der Waals surface area contributed by atoms with Crippen LogP contribution in [0.15, 0.2) is 69.9 Å². The summed E-state index contributed by atoms with van der Waals surface area (Å²) in [7, 11) is 0. The summed E-state index contributed by atoms with van der Waals surface area (Å²) in [5, 5.41) is 1.22. The molecular weight excluding hydrogens is 456 g/mol. The van der Waals surface area contributed by atoms with Crippen molar-refractivity contribution in [3.05, 3.63) is 87.7 Å². The van der Waals surface area contributed by atoms with Gasteiger partial charge in [0.15, 0.2) is 0 Å². The van der Waals surface area contributed by atoms with Crippen molar-refractivity contribution in [1.82, 2.24) is 4.58 Å². The minimum atomic E-state index is 0.965. The highest BCUT2D eigenvalue weighted by atomic mass is 16.5. The molecule has 3 aliphatic carbocycles. The van der Waals surface area contributed by atoms with E-state index in [0.29, 0.717) is 0 Å². The molecule has 0 N–H and O–H groups in total. The van der Waals surface area contributed by atoms with Gasteiger partial charge in [-0.05, 0) is 112 Å². The molecule has 0 unspecified atom stereocenters. The summed E-state index contributed by atoms with van der Waals surface area (Å²) in [6.45, 7) is 12.8. The Bertz CT molecular complexity index is 1490. The van der Waals surface area contributed by atoms with Gasteiger partial charge in [-0.1, -0.05) is 0 Å². The second-order valence-corrected chi connectivity index (χ2v) is 10.2. The fourth-order valence-corrected chi connectivity index (χ4v) is 6.06. The molecule has 0 aromatic heterocycles. The van der Waals surface area contributed by atoms with Gasteiger partial charge in [-0.3, -0.25) is 0 Å².